The van der Waals surface area contributed by atoms with Gasteiger partial charge in [-0.1, -0.05) is 13.0 Å². The molecule has 0 radical (unpaired) electrons. The van der Waals surface area contributed by atoms with Crippen LogP contribution in [0.25, 0.3) is 0 Å². The first-order chi connectivity index (χ1) is 9.73. The first-order valence-corrected chi connectivity index (χ1v) is 7.67. The van der Waals surface area contributed by atoms with Crippen LogP contribution in [0.5, 0.6) is 0 Å². The summed E-state index contributed by atoms with van der Waals surface area (Å²) < 4.78 is 5.21. The lowest BCUT2D eigenvalue weighted by molar-refractivity contribution is -0.118. The van der Waals surface area contributed by atoms with Gasteiger partial charge in [0.25, 0.3) is 0 Å². The summed E-state index contributed by atoms with van der Waals surface area (Å²) in [5, 5.41) is 5.75. The van der Waals surface area contributed by atoms with Gasteiger partial charge >= 0.3 is 6.09 Å². The molecule has 2 N–H and O–H groups in total. The number of hydrogen-bond acceptors (Lipinski definition) is 3. The maximum Gasteiger partial charge on any atom is 0.407 e. The van der Waals surface area contributed by atoms with Crippen molar-refractivity contribution in [2.75, 3.05) is 6.54 Å². The fourth-order valence-corrected chi connectivity index (χ4v) is 2.02. The lowest BCUT2D eigenvalue weighted by Crippen LogP contribution is -2.46. The van der Waals surface area contributed by atoms with E-state index < -0.39 is 11.7 Å². The van der Waals surface area contributed by atoms with Crippen molar-refractivity contribution in [3.05, 3.63) is 11.6 Å². The number of amides is 2. The van der Waals surface area contributed by atoms with Gasteiger partial charge in [-0.3, -0.25) is 4.79 Å². The molecule has 0 aromatic rings. The summed E-state index contributed by atoms with van der Waals surface area (Å²) in [5.41, 5.74) is 0.212. The third-order valence-electron chi connectivity index (χ3n) is 3.24. The monoisotopic (exact) mass is 296 g/mol. The highest BCUT2D eigenvalue weighted by Gasteiger charge is 2.33. The number of ether oxygens (including phenoxy) is 1. The Labute approximate surface area is 127 Å². The van der Waals surface area contributed by atoms with Crippen LogP contribution in [-0.4, -0.2) is 30.2 Å². The van der Waals surface area contributed by atoms with Crippen molar-refractivity contribution in [2.24, 2.45) is 5.92 Å². The van der Waals surface area contributed by atoms with Gasteiger partial charge in [0.15, 0.2) is 0 Å². The molecular weight excluding hydrogens is 268 g/mol. The van der Waals surface area contributed by atoms with E-state index in [9.17, 15) is 9.59 Å². The molecule has 5 heteroatoms. The topological polar surface area (TPSA) is 67.4 Å². The zero-order valence-corrected chi connectivity index (χ0v) is 13.8. The van der Waals surface area contributed by atoms with Crippen LogP contribution in [0.2, 0.25) is 0 Å². The molecule has 21 heavy (non-hydrogen) atoms. The van der Waals surface area contributed by atoms with Crippen LogP contribution in [0.4, 0.5) is 4.79 Å². The van der Waals surface area contributed by atoms with Crippen LogP contribution in [0, 0.1) is 5.92 Å². The summed E-state index contributed by atoms with van der Waals surface area (Å²) in [4.78, 5) is 23.7. The molecule has 1 atom stereocenters. The van der Waals surface area contributed by atoms with Gasteiger partial charge in [-0.25, -0.2) is 4.79 Å². The second-order valence-electron chi connectivity index (χ2n) is 6.60. The van der Waals surface area contributed by atoms with Crippen molar-refractivity contribution < 1.29 is 14.3 Å². The van der Waals surface area contributed by atoms with E-state index in [1.807, 2.05) is 40.7 Å². The molecule has 1 saturated carbocycles. The molecule has 0 heterocycles. The molecular formula is C16H28N2O3. The molecule has 5 nitrogen and oxygen atoms in total. The fourth-order valence-electron chi connectivity index (χ4n) is 2.02. The van der Waals surface area contributed by atoms with Crippen molar-refractivity contribution in [1.29, 1.82) is 0 Å². The van der Waals surface area contributed by atoms with Gasteiger partial charge in [-0.15, -0.1) is 0 Å². The van der Waals surface area contributed by atoms with Gasteiger partial charge in [0, 0.05) is 18.2 Å². The molecule has 0 aromatic carbocycles. The summed E-state index contributed by atoms with van der Waals surface area (Å²) in [6, 6.07) is -0.0229. The van der Waals surface area contributed by atoms with Gasteiger partial charge in [0.05, 0.1) is 0 Å². The molecule has 1 rings (SSSR count). The van der Waals surface area contributed by atoms with Crippen molar-refractivity contribution in [1.82, 2.24) is 10.6 Å². The Bertz CT molecular complexity index is 406. The number of carbonyl (C=O) groups excluding carboxylic acids is 2. The normalized spacial score (nSPS) is 17.1. The van der Waals surface area contributed by atoms with Crippen molar-refractivity contribution in [3.63, 3.8) is 0 Å². The van der Waals surface area contributed by atoms with E-state index in [1.165, 1.54) is 0 Å². The van der Waals surface area contributed by atoms with E-state index in [4.69, 9.17) is 4.74 Å². The van der Waals surface area contributed by atoms with E-state index in [2.05, 4.69) is 10.6 Å². The third-order valence-corrected chi connectivity index (χ3v) is 3.24. The van der Waals surface area contributed by atoms with E-state index in [0.29, 0.717) is 12.5 Å². The fraction of sp³-hybridized carbons (Fsp3) is 0.750. The summed E-state index contributed by atoms with van der Waals surface area (Å²) in [7, 11) is 0. The van der Waals surface area contributed by atoms with Crippen LogP contribution >= 0.6 is 0 Å². The standard InChI is InChI=1S/C16H28N2O3/c1-6-7-11(2)14(19)18-13(12-8-9-12)10-17-15(20)21-16(3,4)5/h7,12-13H,6,8-10H2,1-5H3,(H,17,20)(H,18,19)/b11-7-/t13-/m1/s1. The van der Waals surface area contributed by atoms with Crippen LogP contribution in [0.1, 0.15) is 53.9 Å². The average Bonchev–Trinajstić information content (AvgIpc) is 3.16. The Hall–Kier alpha value is -1.52. The highest BCUT2D eigenvalue weighted by molar-refractivity contribution is 5.93. The van der Waals surface area contributed by atoms with Crippen molar-refractivity contribution in [2.45, 2.75) is 65.5 Å². The van der Waals surface area contributed by atoms with Gasteiger partial charge in [-0.2, -0.15) is 0 Å². The molecule has 0 saturated heterocycles. The molecule has 1 aliphatic carbocycles. The number of rotatable bonds is 6. The summed E-state index contributed by atoms with van der Waals surface area (Å²) in [6.07, 6.45) is 4.49. The number of alkyl carbamates (subject to hydrolysis) is 1. The van der Waals surface area contributed by atoms with E-state index in [0.717, 1.165) is 24.8 Å². The summed E-state index contributed by atoms with van der Waals surface area (Å²) in [6.45, 7) is 9.69. The minimum absolute atomic E-state index is 0.0229. The highest BCUT2D eigenvalue weighted by Crippen LogP contribution is 2.32. The number of hydrogen-bond donors (Lipinski definition) is 2. The first-order valence-electron chi connectivity index (χ1n) is 7.67. The van der Waals surface area contributed by atoms with Crippen LogP contribution in [0.15, 0.2) is 11.6 Å². The zero-order valence-electron chi connectivity index (χ0n) is 13.8. The molecule has 0 spiro atoms. The molecule has 2 amide bonds. The van der Waals surface area contributed by atoms with Crippen molar-refractivity contribution in [3.8, 4) is 0 Å². The molecule has 0 bridgehead atoms. The second-order valence-corrected chi connectivity index (χ2v) is 6.60. The zero-order chi connectivity index (χ0) is 16.0. The maximum absolute atomic E-state index is 12.0. The van der Waals surface area contributed by atoms with Gasteiger partial charge in [0.2, 0.25) is 5.91 Å². The molecule has 1 fully saturated rings. The van der Waals surface area contributed by atoms with Gasteiger partial charge in [-0.05, 0) is 52.9 Å². The summed E-state index contributed by atoms with van der Waals surface area (Å²) >= 11 is 0. The van der Waals surface area contributed by atoms with E-state index in [1.54, 1.807) is 0 Å². The Morgan fingerprint density at radius 3 is 2.43 bits per heavy atom. The lowest BCUT2D eigenvalue weighted by Gasteiger charge is -2.22. The second kappa shape index (κ2) is 7.48. The summed E-state index contributed by atoms with van der Waals surface area (Å²) in [5.74, 6) is 0.401. The van der Waals surface area contributed by atoms with Crippen LogP contribution < -0.4 is 10.6 Å². The number of allylic oxidation sites excluding steroid dienone is 1. The van der Waals surface area contributed by atoms with E-state index in [-0.39, 0.29) is 11.9 Å². The first kappa shape index (κ1) is 17.5. The number of nitrogens with one attached hydrogen (secondary N) is 2. The predicted octanol–water partition coefficient (Wildman–Crippen LogP) is 2.76. The molecule has 1 aliphatic rings. The van der Waals surface area contributed by atoms with Crippen LogP contribution in [-0.2, 0) is 9.53 Å². The number of carbonyl (C=O) groups is 2. The highest BCUT2D eigenvalue weighted by atomic mass is 16.6. The minimum atomic E-state index is -0.511. The Kier molecular flexibility index (Phi) is 6.24. The Morgan fingerprint density at radius 2 is 1.95 bits per heavy atom. The molecule has 120 valence electrons. The SMILES string of the molecule is CC/C=C(/C)C(=O)N[C@H](CNC(=O)OC(C)(C)C)C1CC1. The van der Waals surface area contributed by atoms with Gasteiger partial charge < -0.3 is 15.4 Å². The molecule has 0 unspecified atom stereocenters. The Balaban J connectivity index is 2.46. The predicted molar refractivity (Wildman–Crippen MR) is 82.9 cm³/mol. The smallest absolute Gasteiger partial charge is 0.407 e. The molecule has 0 aromatic heterocycles. The maximum atomic E-state index is 12.0. The average molecular weight is 296 g/mol. The van der Waals surface area contributed by atoms with Gasteiger partial charge in [0.1, 0.15) is 5.60 Å². The van der Waals surface area contributed by atoms with Crippen molar-refractivity contribution >= 4 is 12.0 Å². The Morgan fingerprint density at radius 1 is 1.33 bits per heavy atom. The molecule has 0 aliphatic heterocycles. The quantitative estimate of drug-likeness (QED) is 0.741. The lowest BCUT2D eigenvalue weighted by atomic mass is 10.1. The largest absolute Gasteiger partial charge is 0.444 e. The minimum Gasteiger partial charge on any atom is -0.444 e. The third kappa shape index (κ3) is 7.16. The van der Waals surface area contributed by atoms with E-state index >= 15 is 0 Å². The van der Waals surface area contributed by atoms with Crippen LogP contribution in [0.3, 0.4) is 0 Å².